The van der Waals surface area contributed by atoms with Crippen molar-refractivity contribution < 1.29 is 22.3 Å². The van der Waals surface area contributed by atoms with Gasteiger partial charge in [0, 0.05) is 6.07 Å². The van der Waals surface area contributed by atoms with E-state index >= 15 is 0 Å². The van der Waals surface area contributed by atoms with Crippen LogP contribution >= 0.6 is 0 Å². The zero-order valence-electron chi connectivity index (χ0n) is 9.13. The molecule has 96 valence electrons. The summed E-state index contributed by atoms with van der Waals surface area (Å²) in [6.45, 7) is 0.450. The summed E-state index contributed by atoms with van der Waals surface area (Å²) in [6.07, 6.45) is 0. The zero-order valence-corrected chi connectivity index (χ0v) is 9.95. The summed E-state index contributed by atoms with van der Waals surface area (Å²) in [4.78, 5) is 0. The van der Waals surface area contributed by atoms with E-state index in [1.54, 1.807) is 6.07 Å². The molecule has 0 bridgehead atoms. The molecule has 0 atom stereocenters. The van der Waals surface area contributed by atoms with Crippen molar-refractivity contribution in [2.24, 2.45) is 5.14 Å². The first kappa shape index (κ1) is 13.9. The van der Waals surface area contributed by atoms with E-state index in [0.717, 1.165) is 0 Å². The number of ether oxygens (including phenoxy) is 2. The highest BCUT2D eigenvalue weighted by atomic mass is 32.2. The third kappa shape index (κ3) is 6.88. The summed E-state index contributed by atoms with van der Waals surface area (Å²) in [5.74, 6) is -0.204. The Kier molecular flexibility index (Phi) is 5.33. The summed E-state index contributed by atoms with van der Waals surface area (Å²) >= 11 is 0. The van der Waals surface area contributed by atoms with E-state index in [1.165, 1.54) is 18.2 Å². The lowest BCUT2D eigenvalue weighted by atomic mass is 10.3. The van der Waals surface area contributed by atoms with Crippen LogP contribution < -0.4 is 9.88 Å². The average molecular weight is 263 g/mol. The maximum Gasteiger partial charge on any atom is 0.211 e. The summed E-state index contributed by atoms with van der Waals surface area (Å²) < 4.78 is 44.0. The molecule has 0 unspecified atom stereocenters. The monoisotopic (exact) mass is 263 g/mol. The molecule has 0 saturated heterocycles. The predicted octanol–water partition coefficient (Wildman–Crippen LogP) is 0.510. The molecule has 0 fully saturated rings. The van der Waals surface area contributed by atoms with E-state index in [4.69, 9.17) is 14.6 Å². The van der Waals surface area contributed by atoms with Crippen molar-refractivity contribution in [2.45, 2.75) is 0 Å². The minimum Gasteiger partial charge on any atom is -0.491 e. The molecule has 17 heavy (non-hydrogen) atoms. The topological polar surface area (TPSA) is 78.6 Å². The van der Waals surface area contributed by atoms with Crippen molar-refractivity contribution in [2.75, 3.05) is 25.6 Å². The molecule has 0 aliphatic rings. The second kappa shape index (κ2) is 6.53. The van der Waals surface area contributed by atoms with E-state index in [2.05, 4.69) is 0 Å². The lowest BCUT2D eigenvalue weighted by Gasteiger charge is -2.06. The van der Waals surface area contributed by atoms with Crippen LogP contribution in [0.15, 0.2) is 24.3 Å². The van der Waals surface area contributed by atoms with Crippen LogP contribution in [0.2, 0.25) is 0 Å². The Bertz CT molecular complexity index is 449. The molecular weight excluding hydrogens is 249 g/mol. The number of sulfonamides is 1. The smallest absolute Gasteiger partial charge is 0.211 e. The average Bonchev–Trinajstić information content (AvgIpc) is 2.22. The van der Waals surface area contributed by atoms with Gasteiger partial charge in [0.25, 0.3) is 0 Å². The van der Waals surface area contributed by atoms with E-state index in [-0.39, 0.29) is 31.4 Å². The highest BCUT2D eigenvalue weighted by molar-refractivity contribution is 7.89. The predicted molar refractivity (Wildman–Crippen MR) is 60.7 cm³/mol. The van der Waals surface area contributed by atoms with Gasteiger partial charge in [-0.2, -0.15) is 0 Å². The molecule has 0 amide bonds. The van der Waals surface area contributed by atoms with Gasteiger partial charge in [0.05, 0.1) is 19.0 Å². The molecule has 0 aliphatic carbocycles. The Hall–Kier alpha value is -1.18. The highest BCUT2D eigenvalue weighted by Gasteiger charge is 2.01. The number of hydrogen-bond acceptors (Lipinski definition) is 4. The summed E-state index contributed by atoms with van der Waals surface area (Å²) in [5, 5.41) is 4.78. The minimum atomic E-state index is -3.48. The maximum absolute atomic E-state index is 12.7. The van der Waals surface area contributed by atoms with Gasteiger partial charge in [-0.15, -0.1) is 0 Å². The van der Waals surface area contributed by atoms with Gasteiger partial charge in [-0.05, 0) is 12.1 Å². The Morgan fingerprint density at radius 3 is 2.65 bits per heavy atom. The number of hydrogen-bond donors (Lipinski definition) is 1. The van der Waals surface area contributed by atoms with E-state index < -0.39 is 10.0 Å². The second-order valence-corrected chi connectivity index (χ2v) is 5.02. The molecule has 0 heterocycles. The van der Waals surface area contributed by atoms with E-state index in [9.17, 15) is 12.8 Å². The van der Waals surface area contributed by atoms with Crippen molar-refractivity contribution in [3.05, 3.63) is 30.1 Å². The van der Waals surface area contributed by atoms with Gasteiger partial charge in [-0.25, -0.2) is 17.9 Å². The van der Waals surface area contributed by atoms with Gasteiger partial charge >= 0.3 is 0 Å². The first-order valence-electron chi connectivity index (χ1n) is 4.94. The lowest BCUT2D eigenvalue weighted by molar-refractivity contribution is 0.111. The first-order chi connectivity index (χ1) is 7.97. The van der Waals surface area contributed by atoms with Crippen molar-refractivity contribution in [3.8, 4) is 5.75 Å². The van der Waals surface area contributed by atoms with Crippen LogP contribution in [0.5, 0.6) is 5.75 Å². The SMILES string of the molecule is NS(=O)(=O)CCOCCOc1cccc(F)c1. The number of benzene rings is 1. The summed E-state index contributed by atoms with van der Waals surface area (Å²) in [6, 6.07) is 5.72. The zero-order chi connectivity index (χ0) is 12.7. The van der Waals surface area contributed by atoms with Crippen molar-refractivity contribution >= 4 is 10.0 Å². The van der Waals surface area contributed by atoms with Crippen LogP contribution in [0, 0.1) is 5.82 Å². The molecule has 0 saturated carbocycles. The molecule has 0 aromatic heterocycles. The molecule has 0 spiro atoms. The van der Waals surface area contributed by atoms with Crippen LogP contribution in [0.3, 0.4) is 0 Å². The van der Waals surface area contributed by atoms with Gasteiger partial charge in [0.1, 0.15) is 18.2 Å². The highest BCUT2D eigenvalue weighted by Crippen LogP contribution is 2.11. The molecular formula is C10H14FNO4S. The summed E-state index contributed by atoms with van der Waals surface area (Å²) in [7, 11) is -3.48. The van der Waals surface area contributed by atoms with Gasteiger partial charge in [0.15, 0.2) is 0 Å². The lowest BCUT2D eigenvalue weighted by Crippen LogP contribution is -2.21. The van der Waals surface area contributed by atoms with Gasteiger partial charge in [-0.1, -0.05) is 6.07 Å². The quantitative estimate of drug-likeness (QED) is 0.727. The van der Waals surface area contributed by atoms with E-state index in [1.807, 2.05) is 0 Å². The molecule has 0 radical (unpaired) electrons. The molecule has 7 heteroatoms. The van der Waals surface area contributed by atoms with E-state index in [0.29, 0.717) is 5.75 Å². The van der Waals surface area contributed by atoms with Crippen LogP contribution in [0.25, 0.3) is 0 Å². The fourth-order valence-corrected chi connectivity index (χ4v) is 1.40. The van der Waals surface area contributed by atoms with Crippen LogP contribution in [-0.4, -0.2) is 34.0 Å². The standard InChI is InChI=1S/C10H14FNO4S/c11-9-2-1-3-10(8-9)16-5-4-15-6-7-17(12,13)14/h1-3,8H,4-7H2,(H2,12,13,14). The first-order valence-corrected chi connectivity index (χ1v) is 6.65. The van der Waals surface area contributed by atoms with Gasteiger partial charge < -0.3 is 9.47 Å². The minimum absolute atomic E-state index is 0.0192. The van der Waals surface area contributed by atoms with Gasteiger partial charge in [0.2, 0.25) is 10.0 Å². The van der Waals surface area contributed by atoms with Crippen molar-refractivity contribution in [1.29, 1.82) is 0 Å². The molecule has 5 nitrogen and oxygen atoms in total. The third-order valence-corrected chi connectivity index (χ3v) is 2.54. The fourth-order valence-electron chi connectivity index (χ4n) is 1.05. The van der Waals surface area contributed by atoms with Crippen molar-refractivity contribution in [3.63, 3.8) is 0 Å². The normalized spacial score (nSPS) is 11.4. The van der Waals surface area contributed by atoms with Crippen molar-refractivity contribution in [1.82, 2.24) is 0 Å². The van der Waals surface area contributed by atoms with Crippen LogP contribution in [0.4, 0.5) is 4.39 Å². The second-order valence-electron chi connectivity index (χ2n) is 3.29. The fraction of sp³-hybridized carbons (Fsp3) is 0.400. The maximum atomic E-state index is 12.7. The Morgan fingerprint density at radius 2 is 2.00 bits per heavy atom. The van der Waals surface area contributed by atoms with Gasteiger partial charge in [-0.3, -0.25) is 0 Å². The largest absolute Gasteiger partial charge is 0.491 e. The molecule has 2 N–H and O–H groups in total. The molecule has 1 rings (SSSR count). The Balaban J connectivity index is 2.13. The summed E-state index contributed by atoms with van der Waals surface area (Å²) in [5.41, 5.74) is 0. The number of primary sulfonamides is 1. The molecule has 0 aliphatic heterocycles. The van der Waals surface area contributed by atoms with Crippen LogP contribution in [-0.2, 0) is 14.8 Å². The molecule has 1 aromatic rings. The van der Waals surface area contributed by atoms with Crippen LogP contribution in [0.1, 0.15) is 0 Å². The Labute approximate surface area is 99.4 Å². The third-order valence-electron chi connectivity index (χ3n) is 1.80. The Morgan fingerprint density at radius 1 is 1.24 bits per heavy atom. The molecule has 1 aromatic carbocycles. The number of halogens is 1. The number of rotatable bonds is 7. The number of nitrogens with two attached hydrogens (primary N) is 1.